The zero-order chi connectivity index (χ0) is 12.6. The lowest BCUT2D eigenvalue weighted by atomic mass is 10.0. The molecular weight excluding hydrogens is 291 g/mol. The first-order valence-electron chi connectivity index (χ1n) is 5.12. The van der Waals surface area contributed by atoms with E-state index in [0.29, 0.717) is 15.6 Å². The molecule has 0 N–H and O–H groups in total. The number of hydrogen-bond acceptors (Lipinski definition) is 3. The van der Waals surface area contributed by atoms with E-state index in [0.717, 1.165) is 0 Å². The SMILES string of the molecule is COC(=O)C[C@@H]1Cc2c(F)cc(Br)cc2C1=O. The minimum atomic E-state index is -0.499. The summed E-state index contributed by atoms with van der Waals surface area (Å²) >= 11 is 3.14. The molecule has 90 valence electrons. The Morgan fingerprint density at radius 3 is 2.94 bits per heavy atom. The van der Waals surface area contributed by atoms with Gasteiger partial charge in [0.15, 0.2) is 5.78 Å². The van der Waals surface area contributed by atoms with Crippen LogP contribution >= 0.6 is 15.9 Å². The maximum atomic E-state index is 13.6. The highest BCUT2D eigenvalue weighted by molar-refractivity contribution is 9.10. The Labute approximate surface area is 106 Å². The first-order chi connectivity index (χ1) is 8.02. The minimum Gasteiger partial charge on any atom is -0.469 e. The molecule has 5 heteroatoms. The molecule has 0 spiro atoms. The second-order valence-electron chi connectivity index (χ2n) is 3.96. The van der Waals surface area contributed by atoms with Crippen molar-refractivity contribution < 1.29 is 18.7 Å². The van der Waals surface area contributed by atoms with Crippen molar-refractivity contribution in [1.82, 2.24) is 0 Å². The summed E-state index contributed by atoms with van der Waals surface area (Å²) in [5, 5.41) is 0. The van der Waals surface area contributed by atoms with E-state index in [1.807, 2.05) is 0 Å². The normalized spacial score (nSPS) is 18.1. The minimum absolute atomic E-state index is 0.00106. The van der Waals surface area contributed by atoms with Gasteiger partial charge in [-0.1, -0.05) is 15.9 Å². The summed E-state index contributed by atoms with van der Waals surface area (Å²) in [6.45, 7) is 0. The summed E-state index contributed by atoms with van der Waals surface area (Å²) in [5.74, 6) is -1.54. The lowest BCUT2D eigenvalue weighted by Crippen LogP contribution is -2.15. The van der Waals surface area contributed by atoms with Crippen LogP contribution in [0.15, 0.2) is 16.6 Å². The molecule has 0 saturated heterocycles. The Kier molecular flexibility index (Phi) is 3.28. The van der Waals surface area contributed by atoms with Gasteiger partial charge in [-0.2, -0.15) is 0 Å². The van der Waals surface area contributed by atoms with Gasteiger partial charge >= 0.3 is 5.97 Å². The Morgan fingerprint density at radius 1 is 1.59 bits per heavy atom. The fourth-order valence-corrected chi connectivity index (χ4v) is 2.47. The predicted molar refractivity (Wildman–Crippen MR) is 62.3 cm³/mol. The van der Waals surface area contributed by atoms with Crippen molar-refractivity contribution in [1.29, 1.82) is 0 Å². The van der Waals surface area contributed by atoms with Crippen LogP contribution in [0.5, 0.6) is 0 Å². The molecule has 1 atom stereocenters. The van der Waals surface area contributed by atoms with Crippen molar-refractivity contribution in [2.24, 2.45) is 5.92 Å². The molecule has 2 rings (SSSR count). The molecular formula is C12H10BrFO3. The largest absolute Gasteiger partial charge is 0.469 e. The number of hydrogen-bond donors (Lipinski definition) is 0. The summed E-state index contributed by atoms with van der Waals surface area (Å²) in [6, 6.07) is 2.92. The number of carbonyl (C=O) groups excluding carboxylic acids is 2. The highest BCUT2D eigenvalue weighted by Gasteiger charge is 2.34. The third-order valence-electron chi connectivity index (χ3n) is 2.89. The van der Waals surface area contributed by atoms with Crippen LogP contribution in [0, 0.1) is 11.7 Å². The number of ketones is 1. The van der Waals surface area contributed by atoms with Crippen LogP contribution in [0.1, 0.15) is 22.3 Å². The van der Waals surface area contributed by atoms with Crippen LogP contribution in [0.3, 0.4) is 0 Å². The van der Waals surface area contributed by atoms with Gasteiger partial charge in [0.1, 0.15) is 5.82 Å². The van der Waals surface area contributed by atoms with E-state index in [4.69, 9.17) is 0 Å². The average Bonchev–Trinajstić information content (AvgIpc) is 2.57. The molecule has 1 aliphatic rings. The Balaban J connectivity index is 2.29. The molecule has 3 nitrogen and oxygen atoms in total. The zero-order valence-electron chi connectivity index (χ0n) is 9.13. The molecule has 17 heavy (non-hydrogen) atoms. The van der Waals surface area contributed by atoms with Gasteiger partial charge in [0.05, 0.1) is 13.5 Å². The van der Waals surface area contributed by atoms with E-state index in [-0.39, 0.29) is 18.6 Å². The highest BCUT2D eigenvalue weighted by Crippen LogP contribution is 2.33. The molecule has 0 saturated carbocycles. The molecule has 0 radical (unpaired) electrons. The second kappa shape index (κ2) is 4.56. The number of halogens is 2. The monoisotopic (exact) mass is 300 g/mol. The van der Waals surface area contributed by atoms with Crippen LogP contribution in [0.4, 0.5) is 4.39 Å². The topological polar surface area (TPSA) is 43.4 Å². The van der Waals surface area contributed by atoms with Crippen molar-refractivity contribution in [3.05, 3.63) is 33.5 Å². The first-order valence-corrected chi connectivity index (χ1v) is 5.91. The van der Waals surface area contributed by atoms with Crippen LogP contribution in [-0.4, -0.2) is 18.9 Å². The molecule has 1 aromatic rings. The van der Waals surface area contributed by atoms with Gasteiger partial charge < -0.3 is 4.74 Å². The molecule has 0 bridgehead atoms. The zero-order valence-corrected chi connectivity index (χ0v) is 10.7. The van der Waals surface area contributed by atoms with Crippen molar-refractivity contribution in [2.45, 2.75) is 12.8 Å². The number of fused-ring (bicyclic) bond motifs is 1. The fourth-order valence-electron chi connectivity index (χ4n) is 2.04. The molecule has 0 amide bonds. The number of benzene rings is 1. The van der Waals surface area contributed by atoms with Gasteiger partial charge in [0.2, 0.25) is 0 Å². The van der Waals surface area contributed by atoms with Crippen molar-refractivity contribution in [3.8, 4) is 0 Å². The summed E-state index contributed by atoms with van der Waals surface area (Å²) in [7, 11) is 1.27. The number of esters is 1. The van der Waals surface area contributed by atoms with E-state index in [1.165, 1.54) is 13.2 Å². The number of rotatable bonds is 2. The Hall–Kier alpha value is -1.23. The maximum Gasteiger partial charge on any atom is 0.306 e. The van der Waals surface area contributed by atoms with Crippen molar-refractivity contribution >= 4 is 27.7 Å². The molecule has 0 aromatic heterocycles. The van der Waals surface area contributed by atoms with E-state index in [1.54, 1.807) is 6.07 Å². The van der Waals surface area contributed by atoms with Crippen LogP contribution in [0.25, 0.3) is 0 Å². The molecule has 0 unspecified atom stereocenters. The molecule has 0 heterocycles. The number of methoxy groups -OCH3 is 1. The highest BCUT2D eigenvalue weighted by atomic mass is 79.9. The number of carbonyl (C=O) groups is 2. The van der Waals surface area contributed by atoms with E-state index < -0.39 is 17.7 Å². The predicted octanol–water partition coefficient (Wildman–Crippen LogP) is 2.51. The summed E-state index contributed by atoms with van der Waals surface area (Å²) in [6.07, 6.45) is 0.267. The van der Waals surface area contributed by atoms with E-state index in [2.05, 4.69) is 20.7 Å². The van der Waals surface area contributed by atoms with Crippen LogP contribution in [-0.2, 0) is 16.0 Å². The van der Waals surface area contributed by atoms with Gasteiger partial charge in [-0.3, -0.25) is 9.59 Å². The molecule has 0 aliphatic heterocycles. The summed E-state index contributed by atoms with van der Waals surface area (Å²) < 4.78 is 18.7. The lowest BCUT2D eigenvalue weighted by Gasteiger charge is -2.04. The third kappa shape index (κ3) is 2.24. The second-order valence-corrected chi connectivity index (χ2v) is 4.87. The van der Waals surface area contributed by atoms with Gasteiger partial charge in [0.25, 0.3) is 0 Å². The van der Waals surface area contributed by atoms with Gasteiger partial charge in [0, 0.05) is 16.0 Å². The Morgan fingerprint density at radius 2 is 2.29 bits per heavy atom. The first kappa shape index (κ1) is 12.2. The Bertz CT molecular complexity index is 499. The standard InChI is InChI=1S/C12H10BrFO3/c1-17-11(15)3-6-2-8-9(12(6)16)4-7(13)5-10(8)14/h4-6H,2-3H2,1H3/t6-/m0/s1. The molecule has 1 aromatic carbocycles. The quantitative estimate of drug-likeness (QED) is 0.788. The number of Topliss-reactive ketones (excluding diaryl/α,β-unsaturated/α-hetero) is 1. The van der Waals surface area contributed by atoms with Crippen LogP contribution in [0.2, 0.25) is 0 Å². The van der Waals surface area contributed by atoms with E-state index in [9.17, 15) is 14.0 Å². The van der Waals surface area contributed by atoms with Crippen molar-refractivity contribution in [2.75, 3.05) is 7.11 Å². The van der Waals surface area contributed by atoms with Gasteiger partial charge in [-0.15, -0.1) is 0 Å². The lowest BCUT2D eigenvalue weighted by molar-refractivity contribution is -0.141. The third-order valence-corrected chi connectivity index (χ3v) is 3.35. The van der Waals surface area contributed by atoms with Crippen molar-refractivity contribution in [3.63, 3.8) is 0 Å². The number of ether oxygens (including phenoxy) is 1. The molecule has 1 aliphatic carbocycles. The van der Waals surface area contributed by atoms with Gasteiger partial charge in [-0.05, 0) is 24.1 Å². The molecule has 0 fully saturated rings. The fraction of sp³-hybridized carbons (Fsp3) is 0.333. The van der Waals surface area contributed by atoms with E-state index >= 15 is 0 Å². The van der Waals surface area contributed by atoms with Crippen LogP contribution < -0.4 is 0 Å². The smallest absolute Gasteiger partial charge is 0.306 e. The average molecular weight is 301 g/mol. The summed E-state index contributed by atoms with van der Waals surface area (Å²) in [5.41, 5.74) is 0.762. The van der Waals surface area contributed by atoms with Gasteiger partial charge in [-0.25, -0.2) is 4.39 Å². The maximum absolute atomic E-state index is 13.6. The summed E-state index contributed by atoms with van der Waals surface area (Å²) in [4.78, 5) is 23.1.